The number of benzene rings is 3. The lowest BCUT2D eigenvalue weighted by Crippen LogP contribution is -2.20. The second kappa shape index (κ2) is 6.63. The van der Waals surface area contributed by atoms with E-state index >= 15 is 0 Å². The van der Waals surface area contributed by atoms with Gasteiger partial charge in [0.25, 0.3) is 5.56 Å². The van der Waals surface area contributed by atoms with Gasteiger partial charge in [0.2, 0.25) is 0 Å². The summed E-state index contributed by atoms with van der Waals surface area (Å²) in [6.45, 7) is 2.16. The lowest BCUT2D eigenvalue weighted by Gasteiger charge is -2.10. The summed E-state index contributed by atoms with van der Waals surface area (Å²) in [5, 5.41) is 4.40. The molecule has 0 saturated carbocycles. The van der Waals surface area contributed by atoms with Gasteiger partial charge in [0.05, 0.1) is 23.1 Å². The van der Waals surface area contributed by atoms with Crippen LogP contribution in [0.1, 0.15) is 15.9 Å². The number of hydrogen-bond donors (Lipinski definition) is 2. The predicted molar refractivity (Wildman–Crippen MR) is 117 cm³/mol. The first-order valence-corrected chi connectivity index (χ1v) is 9.51. The molecule has 2 heterocycles. The van der Waals surface area contributed by atoms with Gasteiger partial charge in [0, 0.05) is 16.5 Å². The third-order valence-electron chi connectivity index (χ3n) is 5.27. The Morgan fingerprint density at radius 1 is 0.931 bits per heavy atom. The molecule has 0 bridgehead atoms. The molecule has 3 aromatic carbocycles. The SMILES string of the molecule is Cc1ccc(NCC(=O)c2c3ccccc3c(=O)n3c2[nH]c2ccccc23)cc1. The second-order valence-electron chi connectivity index (χ2n) is 7.19. The summed E-state index contributed by atoms with van der Waals surface area (Å²) < 4.78 is 1.61. The molecule has 2 N–H and O–H groups in total. The first-order chi connectivity index (χ1) is 14.1. The fourth-order valence-electron chi connectivity index (χ4n) is 3.82. The van der Waals surface area contributed by atoms with Crippen LogP contribution in [0.3, 0.4) is 0 Å². The summed E-state index contributed by atoms with van der Waals surface area (Å²) in [4.78, 5) is 29.7. The number of pyridine rings is 1. The molecule has 0 saturated heterocycles. The van der Waals surface area contributed by atoms with E-state index in [1.807, 2.05) is 73.7 Å². The molecule has 0 radical (unpaired) electrons. The molecular formula is C24H19N3O2. The number of hydrogen-bond acceptors (Lipinski definition) is 3. The smallest absolute Gasteiger partial charge is 0.264 e. The maximum atomic E-state index is 13.3. The van der Waals surface area contributed by atoms with E-state index in [0.717, 1.165) is 22.3 Å². The fraction of sp³-hybridized carbons (Fsp3) is 0.0833. The number of H-pyrrole nitrogens is 1. The molecule has 0 spiro atoms. The molecule has 0 unspecified atom stereocenters. The fourth-order valence-corrected chi connectivity index (χ4v) is 3.82. The monoisotopic (exact) mass is 381 g/mol. The van der Waals surface area contributed by atoms with Crippen molar-refractivity contribution < 1.29 is 4.79 Å². The van der Waals surface area contributed by atoms with Crippen molar-refractivity contribution in [3.8, 4) is 0 Å². The zero-order chi connectivity index (χ0) is 20.0. The van der Waals surface area contributed by atoms with Gasteiger partial charge in [-0.2, -0.15) is 0 Å². The van der Waals surface area contributed by atoms with Gasteiger partial charge in [0.1, 0.15) is 5.65 Å². The first-order valence-electron chi connectivity index (χ1n) is 9.51. The average Bonchev–Trinajstić information content (AvgIpc) is 3.13. The summed E-state index contributed by atoms with van der Waals surface area (Å²) in [6.07, 6.45) is 0. The van der Waals surface area contributed by atoms with Crippen molar-refractivity contribution in [1.29, 1.82) is 0 Å². The topological polar surface area (TPSA) is 66.4 Å². The van der Waals surface area contributed by atoms with Crippen LogP contribution < -0.4 is 10.9 Å². The maximum absolute atomic E-state index is 13.3. The van der Waals surface area contributed by atoms with Crippen LogP contribution in [0.2, 0.25) is 0 Å². The van der Waals surface area contributed by atoms with Gasteiger partial charge >= 0.3 is 0 Å². The number of imidazole rings is 1. The van der Waals surface area contributed by atoms with Gasteiger partial charge in [-0.25, -0.2) is 0 Å². The van der Waals surface area contributed by atoms with Crippen LogP contribution >= 0.6 is 0 Å². The molecule has 142 valence electrons. The molecule has 0 aliphatic carbocycles. The van der Waals surface area contributed by atoms with E-state index in [2.05, 4.69) is 10.3 Å². The molecule has 5 nitrogen and oxygen atoms in total. The van der Waals surface area contributed by atoms with Gasteiger partial charge < -0.3 is 10.3 Å². The molecule has 0 atom stereocenters. The minimum absolute atomic E-state index is 0.0779. The number of anilines is 1. The minimum Gasteiger partial charge on any atom is -0.378 e. The molecular weight excluding hydrogens is 362 g/mol. The molecule has 5 aromatic rings. The number of fused-ring (bicyclic) bond motifs is 4. The Kier molecular flexibility index (Phi) is 3.95. The Bertz CT molecular complexity index is 1440. The summed E-state index contributed by atoms with van der Waals surface area (Å²) in [5.41, 5.74) is 4.56. The van der Waals surface area contributed by atoms with Crippen LogP contribution in [-0.4, -0.2) is 21.7 Å². The van der Waals surface area contributed by atoms with E-state index in [1.54, 1.807) is 10.5 Å². The average molecular weight is 381 g/mol. The predicted octanol–water partition coefficient (Wildman–Crippen LogP) is 4.54. The van der Waals surface area contributed by atoms with Crippen LogP contribution in [0.4, 0.5) is 5.69 Å². The lowest BCUT2D eigenvalue weighted by atomic mass is 10.0. The van der Waals surface area contributed by atoms with Gasteiger partial charge in [-0.1, -0.05) is 48.0 Å². The van der Waals surface area contributed by atoms with Crippen molar-refractivity contribution in [2.45, 2.75) is 6.92 Å². The highest BCUT2D eigenvalue weighted by Crippen LogP contribution is 2.24. The Morgan fingerprint density at radius 3 is 2.41 bits per heavy atom. The third-order valence-corrected chi connectivity index (χ3v) is 5.27. The van der Waals surface area contributed by atoms with Crippen molar-refractivity contribution in [3.63, 3.8) is 0 Å². The lowest BCUT2D eigenvalue weighted by molar-refractivity contribution is 0.101. The number of Topliss-reactive ketones (excluding diaryl/α,β-unsaturated/α-hetero) is 1. The molecule has 29 heavy (non-hydrogen) atoms. The van der Waals surface area contributed by atoms with Crippen LogP contribution in [-0.2, 0) is 0 Å². The van der Waals surface area contributed by atoms with Crippen LogP contribution in [0.25, 0.3) is 27.5 Å². The normalized spacial score (nSPS) is 11.3. The summed E-state index contributed by atoms with van der Waals surface area (Å²) in [6, 6.07) is 22.8. The number of ketones is 1. The van der Waals surface area contributed by atoms with E-state index < -0.39 is 0 Å². The zero-order valence-electron chi connectivity index (χ0n) is 15.9. The zero-order valence-corrected chi connectivity index (χ0v) is 15.9. The number of rotatable bonds is 4. The van der Waals surface area contributed by atoms with E-state index in [1.165, 1.54) is 0 Å². The highest BCUT2D eigenvalue weighted by Gasteiger charge is 2.20. The Labute approximate surface area is 166 Å². The molecule has 5 rings (SSSR count). The highest BCUT2D eigenvalue weighted by molar-refractivity contribution is 6.15. The number of nitrogens with one attached hydrogen (secondary N) is 2. The van der Waals surface area contributed by atoms with Gasteiger partial charge in [0.15, 0.2) is 5.78 Å². The van der Waals surface area contributed by atoms with Crippen molar-refractivity contribution in [2.24, 2.45) is 0 Å². The molecule has 2 aromatic heterocycles. The van der Waals surface area contributed by atoms with Crippen LogP contribution in [0.5, 0.6) is 0 Å². The number of aromatic amines is 1. The van der Waals surface area contributed by atoms with E-state index in [-0.39, 0.29) is 17.9 Å². The number of aryl methyl sites for hydroxylation is 1. The van der Waals surface area contributed by atoms with E-state index in [9.17, 15) is 9.59 Å². The largest absolute Gasteiger partial charge is 0.378 e. The van der Waals surface area contributed by atoms with E-state index in [4.69, 9.17) is 0 Å². The molecule has 0 aliphatic heterocycles. The summed E-state index contributed by atoms with van der Waals surface area (Å²) in [5.74, 6) is -0.0779. The van der Waals surface area contributed by atoms with Gasteiger partial charge in [-0.15, -0.1) is 0 Å². The van der Waals surface area contributed by atoms with Crippen molar-refractivity contribution >= 4 is 38.9 Å². The summed E-state index contributed by atoms with van der Waals surface area (Å²) in [7, 11) is 0. The number of para-hydroxylation sites is 2. The number of carbonyl (C=O) groups is 1. The maximum Gasteiger partial charge on any atom is 0.264 e. The third kappa shape index (κ3) is 2.79. The molecule has 0 fully saturated rings. The second-order valence-corrected chi connectivity index (χ2v) is 7.19. The molecule has 0 amide bonds. The Hall–Kier alpha value is -3.86. The van der Waals surface area contributed by atoms with Gasteiger partial charge in [-0.3, -0.25) is 14.0 Å². The Balaban J connectivity index is 1.70. The highest BCUT2D eigenvalue weighted by atomic mass is 16.1. The molecule has 5 heteroatoms. The standard InChI is InChI=1S/C24H19N3O2/c1-15-10-12-16(13-11-15)25-14-21(28)22-17-6-2-3-7-18(17)24(29)27-20-9-5-4-8-19(20)26-23(22)27/h2-13,25-26H,14H2,1H3. The molecule has 0 aliphatic rings. The summed E-state index contributed by atoms with van der Waals surface area (Å²) >= 11 is 0. The van der Waals surface area contributed by atoms with Crippen molar-refractivity contribution in [2.75, 3.05) is 11.9 Å². The Morgan fingerprint density at radius 2 is 1.62 bits per heavy atom. The van der Waals surface area contributed by atoms with Crippen molar-refractivity contribution in [1.82, 2.24) is 9.38 Å². The van der Waals surface area contributed by atoms with Crippen LogP contribution in [0, 0.1) is 6.92 Å². The first kappa shape index (κ1) is 17.3. The quantitative estimate of drug-likeness (QED) is 0.449. The van der Waals surface area contributed by atoms with Crippen molar-refractivity contribution in [3.05, 3.63) is 94.3 Å². The van der Waals surface area contributed by atoms with E-state index in [0.29, 0.717) is 22.0 Å². The number of carbonyl (C=O) groups excluding carboxylic acids is 1. The van der Waals surface area contributed by atoms with Gasteiger partial charge in [-0.05, 0) is 37.3 Å². The van der Waals surface area contributed by atoms with Crippen LogP contribution in [0.15, 0.2) is 77.6 Å². The minimum atomic E-state index is -0.129. The number of aromatic nitrogens is 2. The number of nitrogens with zero attached hydrogens (tertiary/aromatic N) is 1.